The number of nitrogens with two attached hydrogens (primary N) is 1. The summed E-state index contributed by atoms with van der Waals surface area (Å²) in [5, 5.41) is 0. The van der Waals surface area contributed by atoms with Crippen LogP contribution in [-0.4, -0.2) is 24.0 Å². The van der Waals surface area contributed by atoms with Crippen molar-refractivity contribution in [2.24, 2.45) is 5.73 Å². The summed E-state index contributed by atoms with van der Waals surface area (Å²) in [5.74, 6) is 0. The minimum Gasteiger partial charge on any atom is -0.329 e. The molecule has 0 saturated heterocycles. The number of hydrogen-bond acceptors (Lipinski definition) is 2. The first-order valence-electron chi connectivity index (χ1n) is 7.45. The van der Waals surface area contributed by atoms with Crippen molar-refractivity contribution >= 4 is 0 Å². The van der Waals surface area contributed by atoms with Gasteiger partial charge in [-0.15, -0.1) is 0 Å². The summed E-state index contributed by atoms with van der Waals surface area (Å²) in [6.45, 7) is 15.1. The van der Waals surface area contributed by atoms with Crippen LogP contribution in [0.3, 0.4) is 0 Å². The molecule has 2 N–H and O–H groups in total. The second-order valence-electron chi connectivity index (χ2n) is 5.90. The van der Waals surface area contributed by atoms with E-state index in [0.29, 0.717) is 18.6 Å². The molecule has 0 amide bonds. The molecule has 0 aliphatic heterocycles. The van der Waals surface area contributed by atoms with Gasteiger partial charge in [0.05, 0.1) is 0 Å². The largest absolute Gasteiger partial charge is 0.329 e. The van der Waals surface area contributed by atoms with Crippen molar-refractivity contribution in [1.29, 1.82) is 0 Å². The Kier molecular flexibility index (Phi) is 6.02. The summed E-state index contributed by atoms with van der Waals surface area (Å²) in [6.07, 6.45) is 1.17. The Bertz CT molecular complexity index is 387. The van der Waals surface area contributed by atoms with Crippen molar-refractivity contribution in [3.8, 4) is 0 Å². The number of rotatable bonds is 6. The average molecular weight is 262 g/mol. The maximum Gasteiger partial charge on any atom is 0.0478 e. The third-order valence-electron chi connectivity index (χ3n) is 3.84. The van der Waals surface area contributed by atoms with Gasteiger partial charge >= 0.3 is 0 Å². The van der Waals surface area contributed by atoms with Gasteiger partial charge in [-0.05, 0) is 64.3 Å². The smallest absolute Gasteiger partial charge is 0.0478 e. The lowest BCUT2D eigenvalue weighted by molar-refractivity contribution is 0.156. The molecule has 1 aromatic rings. The summed E-state index contributed by atoms with van der Waals surface area (Å²) in [5.41, 5.74) is 11.6. The first kappa shape index (κ1) is 16.2. The SMILES string of the molecule is CCCN(C(C)C)C(CN)c1c(C)cc(C)cc1C. The Hall–Kier alpha value is -0.860. The lowest BCUT2D eigenvalue weighted by Crippen LogP contribution is -2.39. The maximum absolute atomic E-state index is 6.11. The predicted molar refractivity (Wildman–Crippen MR) is 84.6 cm³/mol. The highest BCUT2D eigenvalue weighted by Gasteiger charge is 2.23. The first-order valence-corrected chi connectivity index (χ1v) is 7.45. The van der Waals surface area contributed by atoms with Gasteiger partial charge in [-0.2, -0.15) is 0 Å². The third-order valence-corrected chi connectivity index (χ3v) is 3.84. The summed E-state index contributed by atoms with van der Waals surface area (Å²) < 4.78 is 0. The highest BCUT2D eigenvalue weighted by atomic mass is 15.2. The molecule has 0 fully saturated rings. The Balaban J connectivity index is 3.22. The van der Waals surface area contributed by atoms with Crippen LogP contribution in [-0.2, 0) is 0 Å². The molecule has 0 heterocycles. The van der Waals surface area contributed by atoms with Gasteiger partial charge in [0.25, 0.3) is 0 Å². The molecule has 0 aliphatic carbocycles. The maximum atomic E-state index is 6.11. The van der Waals surface area contributed by atoms with Crippen molar-refractivity contribution in [3.05, 3.63) is 34.4 Å². The standard InChI is InChI=1S/C17H30N2/c1-7-8-19(12(2)3)16(11-18)17-14(5)9-13(4)10-15(17)6/h9-10,12,16H,7-8,11,18H2,1-6H3. The molecule has 2 nitrogen and oxygen atoms in total. The number of benzene rings is 1. The molecule has 0 radical (unpaired) electrons. The van der Waals surface area contributed by atoms with E-state index in [1.54, 1.807) is 0 Å². The molecule has 0 aromatic heterocycles. The topological polar surface area (TPSA) is 29.3 Å². The minimum absolute atomic E-state index is 0.334. The van der Waals surface area contributed by atoms with Crippen LogP contribution >= 0.6 is 0 Å². The predicted octanol–water partition coefficient (Wildman–Crippen LogP) is 3.73. The normalized spacial score (nSPS) is 13.3. The average Bonchev–Trinajstić information content (AvgIpc) is 2.30. The van der Waals surface area contributed by atoms with Gasteiger partial charge < -0.3 is 5.73 Å². The molecule has 1 atom stereocenters. The second-order valence-corrected chi connectivity index (χ2v) is 5.90. The molecular formula is C17H30N2. The van der Waals surface area contributed by atoms with Crippen LogP contribution in [0.15, 0.2) is 12.1 Å². The van der Waals surface area contributed by atoms with Gasteiger partial charge in [-0.3, -0.25) is 4.90 Å². The van der Waals surface area contributed by atoms with Crippen molar-refractivity contribution in [3.63, 3.8) is 0 Å². The summed E-state index contributed by atoms with van der Waals surface area (Å²) in [4.78, 5) is 2.53. The van der Waals surface area contributed by atoms with Gasteiger partial charge in [0.15, 0.2) is 0 Å². The quantitative estimate of drug-likeness (QED) is 0.846. The molecule has 0 saturated carbocycles. The van der Waals surface area contributed by atoms with Crippen molar-refractivity contribution in [1.82, 2.24) is 4.90 Å². The Morgan fingerprint density at radius 3 is 2.00 bits per heavy atom. The fraction of sp³-hybridized carbons (Fsp3) is 0.647. The summed E-state index contributed by atoms with van der Waals surface area (Å²) >= 11 is 0. The van der Waals surface area contributed by atoms with E-state index >= 15 is 0 Å². The van der Waals surface area contributed by atoms with E-state index in [9.17, 15) is 0 Å². The Morgan fingerprint density at radius 2 is 1.63 bits per heavy atom. The van der Waals surface area contributed by atoms with E-state index in [1.165, 1.54) is 28.7 Å². The zero-order valence-corrected chi connectivity index (χ0v) is 13.5. The molecule has 1 rings (SSSR count). The van der Waals surface area contributed by atoms with Crippen molar-refractivity contribution in [2.75, 3.05) is 13.1 Å². The molecule has 1 aromatic carbocycles. The van der Waals surface area contributed by atoms with Gasteiger partial charge in [-0.1, -0.05) is 24.6 Å². The summed E-state index contributed by atoms with van der Waals surface area (Å²) in [6, 6.07) is 5.40. The molecule has 108 valence electrons. The van der Waals surface area contributed by atoms with Crippen LogP contribution in [0.2, 0.25) is 0 Å². The summed E-state index contributed by atoms with van der Waals surface area (Å²) in [7, 11) is 0. The van der Waals surface area contributed by atoms with E-state index in [2.05, 4.69) is 58.6 Å². The van der Waals surface area contributed by atoms with E-state index in [4.69, 9.17) is 5.73 Å². The first-order chi connectivity index (χ1) is 8.92. The van der Waals surface area contributed by atoms with Crippen molar-refractivity contribution < 1.29 is 0 Å². The monoisotopic (exact) mass is 262 g/mol. The highest BCUT2D eigenvalue weighted by Crippen LogP contribution is 2.29. The highest BCUT2D eigenvalue weighted by molar-refractivity contribution is 5.40. The lowest BCUT2D eigenvalue weighted by Gasteiger charge is -2.36. The molecule has 2 heteroatoms. The lowest BCUT2D eigenvalue weighted by atomic mass is 9.92. The fourth-order valence-electron chi connectivity index (χ4n) is 3.17. The van der Waals surface area contributed by atoms with Gasteiger partial charge in [0.2, 0.25) is 0 Å². The van der Waals surface area contributed by atoms with E-state index < -0.39 is 0 Å². The molecular weight excluding hydrogens is 232 g/mol. The number of aryl methyl sites for hydroxylation is 3. The van der Waals surface area contributed by atoms with Crippen LogP contribution in [0.25, 0.3) is 0 Å². The number of hydrogen-bond donors (Lipinski definition) is 1. The molecule has 1 unspecified atom stereocenters. The minimum atomic E-state index is 0.334. The van der Waals surface area contributed by atoms with Crippen molar-refractivity contribution in [2.45, 2.75) is 60.0 Å². The van der Waals surface area contributed by atoms with Crippen LogP contribution in [0.5, 0.6) is 0 Å². The zero-order valence-electron chi connectivity index (χ0n) is 13.5. The van der Waals surface area contributed by atoms with Crippen LogP contribution in [0.1, 0.15) is 55.5 Å². The van der Waals surface area contributed by atoms with Gasteiger partial charge in [0.1, 0.15) is 0 Å². The second kappa shape index (κ2) is 7.06. The Labute approximate surface area is 119 Å². The molecule has 0 bridgehead atoms. The molecule has 0 aliphatic rings. The van der Waals surface area contributed by atoms with E-state index in [-0.39, 0.29) is 0 Å². The van der Waals surface area contributed by atoms with Crippen LogP contribution in [0.4, 0.5) is 0 Å². The van der Waals surface area contributed by atoms with E-state index in [1.807, 2.05) is 0 Å². The van der Waals surface area contributed by atoms with Gasteiger partial charge in [-0.25, -0.2) is 0 Å². The number of nitrogens with zero attached hydrogens (tertiary/aromatic N) is 1. The zero-order chi connectivity index (χ0) is 14.6. The molecule has 0 spiro atoms. The molecule has 19 heavy (non-hydrogen) atoms. The van der Waals surface area contributed by atoms with Gasteiger partial charge in [0, 0.05) is 18.6 Å². The van der Waals surface area contributed by atoms with E-state index in [0.717, 1.165) is 6.54 Å². The third kappa shape index (κ3) is 3.80. The fourth-order valence-corrected chi connectivity index (χ4v) is 3.17. The Morgan fingerprint density at radius 1 is 1.11 bits per heavy atom. The van der Waals surface area contributed by atoms with Crippen LogP contribution < -0.4 is 5.73 Å². The van der Waals surface area contributed by atoms with Crippen LogP contribution in [0, 0.1) is 20.8 Å².